The van der Waals surface area contributed by atoms with Gasteiger partial charge in [-0.15, -0.1) is 0 Å². The summed E-state index contributed by atoms with van der Waals surface area (Å²) in [4.78, 5) is 2.76. The van der Waals surface area contributed by atoms with Crippen molar-refractivity contribution < 1.29 is 0 Å². The summed E-state index contributed by atoms with van der Waals surface area (Å²) < 4.78 is 0. The lowest BCUT2D eigenvalue weighted by Gasteiger charge is -2.42. The van der Waals surface area contributed by atoms with Gasteiger partial charge in [0.1, 0.15) is 0 Å². The van der Waals surface area contributed by atoms with Crippen LogP contribution in [0.2, 0.25) is 0 Å². The second-order valence-electron chi connectivity index (χ2n) is 6.59. The molecule has 2 heteroatoms. The molecule has 1 unspecified atom stereocenters. The predicted molar refractivity (Wildman–Crippen MR) is 78.6 cm³/mol. The number of rotatable bonds is 5. The molecule has 1 atom stereocenters. The van der Waals surface area contributed by atoms with E-state index < -0.39 is 0 Å². The monoisotopic (exact) mass is 252 g/mol. The van der Waals surface area contributed by atoms with Crippen LogP contribution in [0.5, 0.6) is 0 Å². The normalized spacial score (nSPS) is 32.0. The van der Waals surface area contributed by atoms with E-state index in [4.69, 9.17) is 5.73 Å². The highest BCUT2D eigenvalue weighted by molar-refractivity contribution is 4.88. The van der Waals surface area contributed by atoms with Gasteiger partial charge in [-0.3, -0.25) is 4.90 Å². The van der Waals surface area contributed by atoms with Gasteiger partial charge in [0, 0.05) is 18.6 Å². The number of nitrogens with zero attached hydrogens (tertiary/aromatic N) is 1. The molecule has 2 nitrogen and oxygen atoms in total. The molecule has 2 saturated carbocycles. The van der Waals surface area contributed by atoms with E-state index in [0.717, 1.165) is 24.4 Å². The Balaban J connectivity index is 1.96. The summed E-state index contributed by atoms with van der Waals surface area (Å²) in [5.41, 5.74) is 6.14. The van der Waals surface area contributed by atoms with Crippen LogP contribution in [0.1, 0.15) is 65.2 Å². The van der Waals surface area contributed by atoms with Crippen molar-refractivity contribution in [3.05, 3.63) is 0 Å². The summed E-state index contributed by atoms with van der Waals surface area (Å²) in [5, 5.41) is 0. The van der Waals surface area contributed by atoms with E-state index >= 15 is 0 Å². The maximum atomic E-state index is 6.14. The maximum Gasteiger partial charge on any atom is 0.0249 e. The summed E-state index contributed by atoms with van der Waals surface area (Å²) in [6.45, 7) is 6.79. The Hall–Kier alpha value is -0.0800. The first-order chi connectivity index (χ1) is 8.76. The van der Waals surface area contributed by atoms with Crippen LogP contribution in [-0.2, 0) is 0 Å². The third kappa shape index (κ3) is 3.27. The fourth-order valence-corrected chi connectivity index (χ4v) is 4.27. The standard InChI is InChI=1S/C16H32N2/c1-3-18(15-6-4-5-7-15)16(12-17)14-10-8-13(2)9-11-14/h13-16H,3-12,17H2,1-2H3. The van der Waals surface area contributed by atoms with Gasteiger partial charge < -0.3 is 5.73 Å². The highest BCUT2D eigenvalue weighted by Gasteiger charge is 2.33. The minimum Gasteiger partial charge on any atom is -0.329 e. The molecule has 0 radical (unpaired) electrons. The van der Waals surface area contributed by atoms with Crippen molar-refractivity contribution in [2.45, 2.75) is 77.3 Å². The first kappa shape index (κ1) is 14.3. The molecule has 0 aliphatic heterocycles. The molecular formula is C16H32N2. The van der Waals surface area contributed by atoms with Crippen LogP contribution in [0.4, 0.5) is 0 Å². The van der Waals surface area contributed by atoms with Gasteiger partial charge in [-0.1, -0.05) is 39.5 Å². The van der Waals surface area contributed by atoms with Crippen molar-refractivity contribution in [1.29, 1.82) is 0 Å². The predicted octanol–water partition coefficient (Wildman–Crippen LogP) is 3.40. The fraction of sp³-hybridized carbons (Fsp3) is 1.00. The Morgan fingerprint density at radius 3 is 2.17 bits per heavy atom. The minimum absolute atomic E-state index is 0.658. The van der Waals surface area contributed by atoms with E-state index in [0.29, 0.717) is 6.04 Å². The van der Waals surface area contributed by atoms with E-state index in [2.05, 4.69) is 18.7 Å². The smallest absolute Gasteiger partial charge is 0.0249 e. The highest BCUT2D eigenvalue weighted by Crippen LogP contribution is 2.34. The number of hydrogen-bond acceptors (Lipinski definition) is 2. The third-order valence-electron chi connectivity index (χ3n) is 5.43. The van der Waals surface area contributed by atoms with Crippen LogP contribution >= 0.6 is 0 Å². The zero-order chi connectivity index (χ0) is 13.0. The molecule has 0 aromatic carbocycles. The molecule has 2 aliphatic carbocycles. The maximum absolute atomic E-state index is 6.14. The Morgan fingerprint density at radius 1 is 1.06 bits per heavy atom. The van der Waals surface area contributed by atoms with E-state index in [1.807, 2.05) is 0 Å². The molecule has 2 N–H and O–H groups in total. The van der Waals surface area contributed by atoms with Crippen LogP contribution in [-0.4, -0.2) is 30.1 Å². The third-order valence-corrected chi connectivity index (χ3v) is 5.43. The first-order valence-corrected chi connectivity index (χ1v) is 8.22. The summed E-state index contributed by atoms with van der Waals surface area (Å²) in [7, 11) is 0. The van der Waals surface area contributed by atoms with Gasteiger partial charge in [0.05, 0.1) is 0 Å². The lowest BCUT2D eigenvalue weighted by atomic mass is 9.78. The summed E-state index contributed by atoms with van der Waals surface area (Å²) >= 11 is 0. The van der Waals surface area contributed by atoms with Crippen molar-refractivity contribution in [2.75, 3.05) is 13.1 Å². The summed E-state index contributed by atoms with van der Waals surface area (Å²) in [5.74, 6) is 1.81. The van der Waals surface area contributed by atoms with Crippen LogP contribution in [0.15, 0.2) is 0 Å². The van der Waals surface area contributed by atoms with Gasteiger partial charge in [0.15, 0.2) is 0 Å². The summed E-state index contributed by atoms with van der Waals surface area (Å²) in [6.07, 6.45) is 11.3. The number of nitrogens with two attached hydrogens (primary N) is 1. The number of likely N-dealkylation sites (N-methyl/N-ethyl adjacent to an activating group) is 1. The molecule has 2 aliphatic rings. The molecule has 18 heavy (non-hydrogen) atoms. The van der Waals surface area contributed by atoms with Gasteiger partial charge >= 0.3 is 0 Å². The minimum atomic E-state index is 0.658. The second-order valence-corrected chi connectivity index (χ2v) is 6.59. The van der Waals surface area contributed by atoms with Crippen LogP contribution < -0.4 is 5.73 Å². The molecule has 0 aromatic rings. The Labute approximate surface area is 113 Å². The summed E-state index contributed by atoms with van der Waals surface area (Å²) in [6, 6.07) is 1.49. The van der Waals surface area contributed by atoms with E-state index in [1.54, 1.807) is 0 Å². The fourth-order valence-electron chi connectivity index (χ4n) is 4.27. The van der Waals surface area contributed by atoms with Crippen molar-refractivity contribution in [3.8, 4) is 0 Å². The van der Waals surface area contributed by atoms with Crippen molar-refractivity contribution in [1.82, 2.24) is 4.90 Å². The number of hydrogen-bond donors (Lipinski definition) is 1. The molecule has 0 amide bonds. The van der Waals surface area contributed by atoms with Crippen LogP contribution in [0.25, 0.3) is 0 Å². The van der Waals surface area contributed by atoms with E-state index in [-0.39, 0.29) is 0 Å². The molecule has 2 rings (SSSR count). The average molecular weight is 252 g/mol. The molecule has 0 bridgehead atoms. The molecule has 0 aromatic heterocycles. The molecule has 0 saturated heterocycles. The van der Waals surface area contributed by atoms with Gasteiger partial charge in [-0.25, -0.2) is 0 Å². The molecule has 106 valence electrons. The van der Waals surface area contributed by atoms with E-state index in [9.17, 15) is 0 Å². The average Bonchev–Trinajstić information content (AvgIpc) is 2.91. The highest BCUT2D eigenvalue weighted by atomic mass is 15.2. The topological polar surface area (TPSA) is 29.3 Å². The van der Waals surface area contributed by atoms with Crippen molar-refractivity contribution >= 4 is 0 Å². The van der Waals surface area contributed by atoms with Gasteiger partial charge in [0.25, 0.3) is 0 Å². The van der Waals surface area contributed by atoms with Crippen molar-refractivity contribution in [3.63, 3.8) is 0 Å². The van der Waals surface area contributed by atoms with Crippen LogP contribution in [0.3, 0.4) is 0 Å². The molecule has 0 spiro atoms. The van der Waals surface area contributed by atoms with Crippen LogP contribution in [0, 0.1) is 11.8 Å². The zero-order valence-corrected chi connectivity index (χ0v) is 12.4. The lowest BCUT2D eigenvalue weighted by molar-refractivity contribution is 0.0792. The van der Waals surface area contributed by atoms with Gasteiger partial charge in [0.2, 0.25) is 0 Å². The largest absolute Gasteiger partial charge is 0.329 e. The van der Waals surface area contributed by atoms with Crippen molar-refractivity contribution in [2.24, 2.45) is 17.6 Å². The molecular weight excluding hydrogens is 220 g/mol. The SMILES string of the molecule is CCN(C1CCCC1)C(CN)C1CCC(C)CC1. The zero-order valence-electron chi connectivity index (χ0n) is 12.4. The Morgan fingerprint density at radius 2 is 1.67 bits per heavy atom. The van der Waals surface area contributed by atoms with E-state index in [1.165, 1.54) is 57.9 Å². The molecule has 0 heterocycles. The quantitative estimate of drug-likeness (QED) is 0.812. The molecule has 2 fully saturated rings. The Kier molecular flexibility index (Phi) is 5.50. The Bertz CT molecular complexity index is 227. The van der Waals surface area contributed by atoms with Gasteiger partial charge in [-0.05, 0) is 44.1 Å². The van der Waals surface area contributed by atoms with Gasteiger partial charge in [-0.2, -0.15) is 0 Å². The lowest BCUT2D eigenvalue weighted by Crippen LogP contribution is -2.50. The first-order valence-electron chi connectivity index (χ1n) is 8.22. The second kappa shape index (κ2) is 6.91.